The maximum absolute atomic E-state index is 13.0. The van der Waals surface area contributed by atoms with E-state index in [0.29, 0.717) is 31.3 Å². The molecule has 4 aliphatic carbocycles. The maximum Gasteiger partial charge on any atom is 1.00 e. The Hall–Kier alpha value is 1.00. The Morgan fingerprint density at radius 2 is 1.51 bits per heavy atom. The molecule has 0 aromatic rings. The fraction of sp³-hybridized carbons (Fsp3) is 0.839. The average molecular weight is 847 g/mol. The summed E-state index contributed by atoms with van der Waals surface area (Å²) in [5.74, 6) is -6.70. The minimum absolute atomic E-state index is 0. The summed E-state index contributed by atoms with van der Waals surface area (Å²) in [6, 6.07) is 0. The normalized spacial score (nSPS) is 39.1. The van der Waals surface area contributed by atoms with Crippen molar-refractivity contribution < 1.29 is 186 Å². The minimum atomic E-state index is -5.53. The number of rotatable bonds is 12. The van der Waals surface area contributed by atoms with Crippen LogP contribution in [0.4, 0.5) is 0 Å². The van der Waals surface area contributed by atoms with E-state index in [0.717, 1.165) is 0 Å². The Morgan fingerprint density at radius 3 is 2.04 bits per heavy atom. The molecule has 4 N–H and O–H groups in total. The predicted octanol–water partition coefficient (Wildman–Crippen LogP) is -7.54. The van der Waals surface area contributed by atoms with Gasteiger partial charge in [0.1, 0.15) is 12.2 Å². The van der Waals surface area contributed by atoms with Crippen LogP contribution in [0.1, 0.15) is 72.1 Å². The van der Waals surface area contributed by atoms with Crippen LogP contribution in [0.25, 0.3) is 0 Å². The number of aliphatic carboxylic acids is 2. The first kappa shape index (κ1) is 48.4. The number of fused-ring (bicyclic) bond motifs is 3. The van der Waals surface area contributed by atoms with Gasteiger partial charge in [0.05, 0.1) is 36.2 Å². The second-order valence-electron chi connectivity index (χ2n) is 15.3. The molecule has 18 nitrogen and oxygen atoms in total. The van der Waals surface area contributed by atoms with Crippen molar-refractivity contribution >= 4 is 38.7 Å². The third-order valence-corrected chi connectivity index (χ3v) is 12.9. The summed E-state index contributed by atoms with van der Waals surface area (Å²) in [6.45, 7) is 7.91. The van der Waals surface area contributed by atoms with Crippen molar-refractivity contribution in [1.29, 1.82) is 0 Å². The summed E-state index contributed by atoms with van der Waals surface area (Å²) in [7, 11) is -11.0. The molecule has 290 valence electrons. The van der Waals surface area contributed by atoms with Crippen LogP contribution in [-0.4, -0.2) is 104 Å². The van der Waals surface area contributed by atoms with Crippen molar-refractivity contribution in [2.24, 2.45) is 39.9 Å². The van der Waals surface area contributed by atoms with Gasteiger partial charge in [-0.2, -0.15) is 16.8 Å². The van der Waals surface area contributed by atoms with E-state index in [1.807, 2.05) is 0 Å². The smallest absolute Gasteiger partial charge is 0.549 e. The van der Waals surface area contributed by atoms with Crippen molar-refractivity contribution in [3.05, 3.63) is 12.2 Å². The molecule has 0 unspecified atom stereocenters. The summed E-state index contributed by atoms with van der Waals surface area (Å²) >= 11 is 0. The van der Waals surface area contributed by atoms with Crippen LogP contribution < -0.4 is 113 Å². The number of hydrogen-bond acceptors (Lipinski definition) is 16. The van der Waals surface area contributed by atoms with E-state index in [2.05, 4.69) is 14.9 Å². The van der Waals surface area contributed by atoms with E-state index in [1.165, 1.54) is 0 Å². The van der Waals surface area contributed by atoms with E-state index >= 15 is 0 Å². The number of aliphatic hydroxyl groups is 2. The third kappa shape index (κ3) is 9.42. The average Bonchev–Trinajstić information content (AvgIpc) is 3.16. The summed E-state index contributed by atoms with van der Waals surface area (Å²) < 4.78 is 93.2. The molecular formula is C31H44K2O18S2. The van der Waals surface area contributed by atoms with Crippen LogP contribution in [0.5, 0.6) is 0 Å². The molecule has 53 heavy (non-hydrogen) atoms. The molecule has 5 aliphatic rings. The molecule has 4 saturated carbocycles. The summed E-state index contributed by atoms with van der Waals surface area (Å²) in [5, 5.41) is 47.6. The number of carboxylic acid groups (broad SMARTS) is 2. The summed E-state index contributed by atoms with van der Waals surface area (Å²) in [4.78, 5) is 38.9. The van der Waals surface area contributed by atoms with Gasteiger partial charge < -0.3 is 44.2 Å². The number of esters is 1. The Labute approximate surface area is 393 Å². The number of carbonyl (C=O) groups is 3. The first-order valence-electron chi connectivity index (χ1n) is 16.7. The molecule has 0 aromatic carbocycles. The quantitative estimate of drug-likeness (QED) is 0.0354. The first-order chi connectivity index (χ1) is 23.5. The van der Waals surface area contributed by atoms with Gasteiger partial charge in [-0.15, -0.1) is 0 Å². The van der Waals surface area contributed by atoms with E-state index in [1.54, 1.807) is 20.8 Å². The van der Waals surface area contributed by atoms with Crippen molar-refractivity contribution in [2.45, 2.75) is 115 Å². The van der Waals surface area contributed by atoms with E-state index < -0.39 is 123 Å². The second-order valence-corrected chi connectivity index (χ2v) is 17.4. The number of ether oxygens (including phenoxy) is 3. The van der Waals surface area contributed by atoms with Crippen LogP contribution >= 0.6 is 0 Å². The molecule has 1 spiro atoms. The zero-order valence-electron chi connectivity index (χ0n) is 30.2. The van der Waals surface area contributed by atoms with Gasteiger partial charge >= 0.3 is 130 Å². The molecular weight excluding hydrogens is 803 g/mol. The standard InChI is InChI=1S/C31H46O18S2.2K/c1-14(2)9-21(33)47-24-23(49-51(42,43)44)22(48-50(39,40)41)18(13-32)46-26(24)45-17-11-29(4)19-6-5-16-10-30(19,25(34)15(16)3)8-7-20(29)31(12-17,27(35)36)28(37)38;;/h14,16-20,22-26,32,34H,3,5-13H2,1-2,4H3,(H,35,36)(H,37,38)(H,39,40,41)(H,42,43,44);;/q;2*+1/p-2/t16-,17-,18+,19-,20-,22+,23-,24+,25-,26+,29-,30+;;/m0../s1. The molecule has 0 amide bonds. The van der Waals surface area contributed by atoms with Gasteiger partial charge in [0.2, 0.25) is 0 Å². The Bertz CT molecular complexity index is 1630. The fourth-order valence-electron chi connectivity index (χ4n) is 10.2. The van der Waals surface area contributed by atoms with Crippen LogP contribution in [-0.2, 0) is 57.8 Å². The molecule has 12 atom stereocenters. The molecule has 1 aliphatic heterocycles. The van der Waals surface area contributed by atoms with Crippen molar-refractivity contribution in [1.82, 2.24) is 0 Å². The van der Waals surface area contributed by atoms with Crippen molar-refractivity contribution in [3.8, 4) is 0 Å². The molecule has 2 bridgehead atoms. The van der Waals surface area contributed by atoms with E-state index in [-0.39, 0.29) is 134 Å². The number of aliphatic hydroxyl groups excluding tert-OH is 2. The molecule has 1 saturated heterocycles. The minimum Gasteiger partial charge on any atom is -0.549 e. The van der Waals surface area contributed by atoms with Crippen LogP contribution in [0.3, 0.4) is 0 Å². The van der Waals surface area contributed by atoms with Gasteiger partial charge in [0, 0.05) is 11.8 Å². The van der Waals surface area contributed by atoms with Gasteiger partial charge in [0.15, 0.2) is 18.5 Å². The predicted molar refractivity (Wildman–Crippen MR) is 164 cm³/mol. The molecule has 22 heteroatoms. The second kappa shape index (κ2) is 17.7. The summed E-state index contributed by atoms with van der Waals surface area (Å²) in [5.41, 5.74) is -3.89. The first-order valence-corrected chi connectivity index (χ1v) is 19.4. The van der Waals surface area contributed by atoms with E-state index in [4.69, 9.17) is 14.2 Å². The number of carboxylic acids is 2. The molecule has 5 rings (SSSR count). The van der Waals surface area contributed by atoms with Gasteiger partial charge in [-0.3, -0.25) is 13.9 Å². The Morgan fingerprint density at radius 1 is 0.925 bits per heavy atom. The fourth-order valence-corrected chi connectivity index (χ4v) is 11.2. The maximum atomic E-state index is 13.0. The SMILES string of the molecule is C=C1[C@H]2CC[C@H]3[C@]4(C)C[C@H](O[C@@H]5O[C@H](CO)[C@@H](OS(=O)(=O)O)[C@H](OS(=O)(=O)O)[C@H]5OC(=O)CC(C)C)CC(C(=O)[O-])(C(=O)[O-])[C@H]4CC[C@]3(C2)[C@H]1O.[K+].[K+]. The van der Waals surface area contributed by atoms with Gasteiger partial charge in [0.25, 0.3) is 0 Å². The Kier molecular flexibility index (Phi) is 16.1. The van der Waals surface area contributed by atoms with Gasteiger partial charge in [-0.25, -0.2) is 8.37 Å². The molecule has 0 radical (unpaired) electrons. The van der Waals surface area contributed by atoms with Crippen LogP contribution in [0, 0.1) is 39.9 Å². The zero-order chi connectivity index (χ0) is 38.1. The monoisotopic (exact) mass is 846 g/mol. The van der Waals surface area contributed by atoms with Gasteiger partial charge in [-0.1, -0.05) is 27.4 Å². The number of hydrogen-bond donors (Lipinski definition) is 4. The van der Waals surface area contributed by atoms with Crippen molar-refractivity contribution in [2.75, 3.05) is 6.61 Å². The van der Waals surface area contributed by atoms with Gasteiger partial charge in [-0.05, 0) is 79.6 Å². The van der Waals surface area contributed by atoms with Crippen molar-refractivity contribution in [3.63, 3.8) is 0 Å². The van der Waals surface area contributed by atoms with E-state index in [9.17, 15) is 60.8 Å². The Balaban J connectivity index is 0.00000378. The molecule has 0 aromatic heterocycles. The third-order valence-electron chi connectivity index (χ3n) is 12.0. The number of carbonyl (C=O) groups excluding carboxylic acids is 3. The topological polar surface area (TPSA) is 293 Å². The zero-order valence-corrected chi connectivity index (χ0v) is 38.1. The molecule has 5 fully saturated rings. The summed E-state index contributed by atoms with van der Waals surface area (Å²) in [6.07, 6.45) is -12.1. The van der Waals surface area contributed by atoms with Crippen LogP contribution in [0.2, 0.25) is 0 Å². The largest absolute Gasteiger partial charge is 1.00 e. The molecule has 1 heterocycles. The van der Waals surface area contributed by atoms with Crippen LogP contribution in [0.15, 0.2) is 12.2 Å².